The Morgan fingerprint density at radius 1 is 1.15 bits per heavy atom. The summed E-state index contributed by atoms with van der Waals surface area (Å²) >= 11 is 0. The number of carbonyl (C=O) groups is 1. The summed E-state index contributed by atoms with van der Waals surface area (Å²) in [6, 6.07) is 13.6. The van der Waals surface area contributed by atoms with Crippen molar-refractivity contribution in [2.75, 3.05) is 16.4 Å². The van der Waals surface area contributed by atoms with E-state index in [0.29, 0.717) is 22.6 Å². The number of amides is 2. The second-order valence-electron chi connectivity index (χ2n) is 4.29. The number of anilines is 3. The van der Waals surface area contributed by atoms with Gasteiger partial charge in [0.25, 0.3) is 0 Å². The van der Waals surface area contributed by atoms with Crippen LogP contribution in [0.15, 0.2) is 42.5 Å². The first-order valence-corrected chi connectivity index (χ1v) is 6.03. The summed E-state index contributed by atoms with van der Waals surface area (Å²) in [5, 5.41) is 14.1. The van der Waals surface area contributed by atoms with Crippen LogP contribution in [0.1, 0.15) is 11.1 Å². The molecule has 2 aromatic carbocycles. The molecule has 0 saturated heterocycles. The van der Waals surface area contributed by atoms with Gasteiger partial charge in [0, 0.05) is 17.1 Å². The molecule has 0 spiro atoms. The average molecular weight is 266 g/mol. The van der Waals surface area contributed by atoms with Crippen LogP contribution >= 0.6 is 0 Å². The van der Waals surface area contributed by atoms with Gasteiger partial charge in [-0.1, -0.05) is 6.07 Å². The highest BCUT2D eigenvalue weighted by Gasteiger charge is 2.06. The van der Waals surface area contributed by atoms with Gasteiger partial charge >= 0.3 is 6.03 Å². The lowest BCUT2D eigenvalue weighted by Gasteiger charge is -2.11. The van der Waals surface area contributed by atoms with Crippen LogP contribution in [0.5, 0.6) is 0 Å². The third-order valence-corrected chi connectivity index (χ3v) is 2.90. The van der Waals surface area contributed by atoms with E-state index in [0.717, 1.165) is 5.56 Å². The number of hydrogen-bond acceptors (Lipinski definition) is 3. The third-order valence-electron chi connectivity index (χ3n) is 2.90. The van der Waals surface area contributed by atoms with E-state index in [9.17, 15) is 4.79 Å². The molecule has 0 aliphatic carbocycles. The number of hydrogen-bond donors (Lipinski definition) is 3. The quantitative estimate of drug-likeness (QED) is 0.729. The monoisotopic (exact) mass is 266 g/mol. The Morgan fingerprint density at radius 3 is 2.50 bits per heavy atom. The van der Waals surface area contributed by atoms with Crippen LogP contribution < -0.4 is 16.4 Å². The van der Waals surface area contributed by atoms with E-state index in [4.69, 9.17) is 11.0 Å². The van der Waals surface area contributed by atoms with Gasteiger partial charge in [0.1, 0.15) is 0 Å². The maximum atomic E-state index is 11.9. The lowest BCUT2D eigenvalue weighted by atomic mass is 10.1. The van der Waals surface area contributed by atoms with Crippen molar-refractivity contribution >= 4 is 23.1 Å². The van der Waals surface area contributed by atoms with Gasteiger partial charge in [0.15, 0.2) is 0 Å². The molecule has 2 aromatic rings. The first-order valence-electron chi connectivity index (χ1n) is 6.03. The van der Waals surface area contributed by atoms with Gasteiger partial charge in [-0.15, -0.1) is 0 Å². The Kier molecular flexibility index (Phi) is 3.87. The molecule has 5 heteroatoms. The van der Waals surface area contributed by atoms with E-state index in [1.54, 1.807) is 42.5 Å². The second-order valence-corrected chi connectivity index (χ2v) is 4.29. The minimum atomic E-state index is -0.358. The zero-order valence-electron chi connectivity index (χ0n) is 11.0. The first-order chi connectivity index (χ1) is 9.60. The van der Waals surface area contributed by atoms with Crippen molar-refractivity contribution in [3.05, 3.63) is 53.6 Å². The molecule has 2 amide bonds. The van der Waals surface area contributed by atoms with Gasteiger partial charge in [-0.3, -0.25) is 0 Å². The summed E-state index contributed by atoms with van der Waals surface area (Å²) in [7, 11) is 0. The van der Waals surface area contributed by atoms with E-state index in [-0.39, 0.29) is 6.03 Å². The lowest BCUT2D eigenvalue weighted by molar-refractivity contribution is 0.262. The first kappa shape index (κ1) is 13.4. The van der Waals surface area contributed by atoms with Crippen molar-refractivity contribution in [1.82, 2.24) is 0 Å². The number of benzene rings is 2. The number of nitriles is 1. The summed E-state index contributed by atoms with van der Waals surface area (Å²) in [6.45, 7) is 1.84. The summed E-state index contributed by atoms with van der Waals surface area (Å²) in [6.07, 6.45) is 0. The fraction of sp³-hybridized carbons (Fsp3) is 0.0667. The molecule has 0 radical (unpaired) electrons. The molecular weight excluding hydrogens is 252 g/mol. The molecule has 0 aromatic heterocycles. The molecule has 0 atom stereocenters. The number of nitrogens with one attached hydrogen (secondary N) is 2. The van der Waals surface area contributed by atoms with Gasteiger partial charge in [0.05, 0.1) is 11.6 Å². The van der Waals surface area contributed by atoms with E-state index >= 15 is 0 Å². The van der Waals surface area contributed by atoms with E-state index in [2.05, 4.69) is 10.6 Å². The van der Waals surface area contributed by atoms with Crippen LogP contribution in [0.2, 0.25) is 0 Å². The Hall–Kier alpha value is -3.00. The molecular formula is C15H14N4O. The van der Waals surface area contributed by atoms with Crippen molar-refractivity contribution in [2.45, 2.75) is 6.92 Å². The smallest absolute Gasteiger partial charge is 0.323 e. The van der Waals surface area contributed by atoms with Crippen LogP contribution in [0.3, 0.4) is 0 Å². The van der Waals surface area contributed by atoms with Crippen LogP contribution in [0.4, 0.5) is 21.9 Å². The number of nitrogen functional groups attached to an aromatic ring is 1. The zero-order valence-corrected chi connectivity index (χ0v) is 11.0. The fourth-order valence-corrected chi connectivity index (χ4v) is 1.70. The molecule has 0 aliphatic rings. The third kappa shape index (κ3) is 3.06. The Balaban J connectivity index is 2.05. The predicted molar refractivity (Wildman–Crippen MR) is 79.4 cm³/mol. The lowest BCUT2D eigenvalue weighted by Crippen LogP contribution is -2.20. The number of nitrogens with zero attached hydrogens (tertiary/aromatic N) is 1. The average Bonchev–Trinajstić information content (AvgIpc) is 2.45. The summed E-state index contributed by atoms with van der Waals surface area (Å²) in [5.74, 6) is 0. The topological polar surface area (TPSA) is 90.9 Å². The zero-order chi connectivity index (χ0) is 14.5. The molecule has 0 fully saturated rings. The molecule has 4 N–H and O–H groups in total. The van der Waals surface area contributed by atoms with Crippen molar-refractivity contribution in [3.63, 3.8) is 0 Å². The van der Waals surface area contributed by atoms with Crippen molar-refractivity contribution in [1.29, 1.82) is 5.26 Å². The van der Waals surface area contributed by atoms with Crippen LogP contribution in [0, 0.1) is 18.3 Å². The van der Waals surface area contributed by atoms with E-state index in [1.807, 2.05) is 13.0 Å². The molecule has 0 bridgehead atoms. The van der Waals surface area contributed by atoms with Gasteiger partial charge < -0.3 is 16.4 Å². The summed E-state index contributed by atoms with van der Waals surface area (Å²) in [5.41, 5.74) is 9.05. The number of nitrogens with two attached hydrogens (primary N) is 1. The number of carbonyl (C=O) groups excluding carboxylic acids is 1. The molecule has 20 heavy (non-hydrogen) atoms. The molecule has 0 saturated carbocycles. The van der Waals surface area contributed by atoms with Gasteiger partial charge in [0.2, 0.25) is 0 Å². The maximum Gasteiger partial charge on any atom is 0.323 e. The van der Waals surface area contributed by atoms with Crippen LogP contribution in [0.25, 0.3) is 0 Å². The minimum absolute atomic E-state index is 0.358. The molecule has 0 unspecified atom stereocenters. The van der Waals surface area contributed by atoms with Crippen molar-refractivity contribution in [3.8, 4) is 6.07 Å². The second kappa shape index (κ2) is 5.76. The molecule has 100 valence electrons. The SMILES string of the molecule is Cc1c(N)cccc1NC(=O)Nc1ccc(C#N)cc1. The Morgan fingerprint density at radius 2 is 1.85 bits per heavy atom. The molecule has 0 heterocycles. The van der Waals surface area contributed by atoms with Gasteiger partial charge in [-0.25, -0.2) is 4.79 Å². The van der Waals surface area contributed by atoms with Gasteiger partial charge in [-0.05, 0) is 48.9 Å². The number of rotatable bonds is 2. The Labute approximate surface area is 117 Å². The molecule has 5 nitrogen and oxygen atoms in total. The Bertz CT molecular complexity index is 671. The van der Waals surface area contributed by atoms with Crippen molar-refractivity contribution < 1.29 is 4.79 Å². The predicted octanol–water partition coefficient (Wildman–Crippen LogP) is 3.09. The number of urea groups is 1. The highest BCUT2D eigenvalue weighted by atomic mass is 16.2. The standard InChI is InChI=1S/C15H14N4O/c1-10-13(17)3-2-4-14(10)19-15(20)18-12-7-5-11(9-16)6-8-12/h2-8H,17H2,1H3,(H2,18,19,20). The highest BCUT2D eigenvalue weighted by Crippen LogP contribution is 2.20. The maximum absolute atomic E-state index is 11.9. The van der Waals surface area contributed by atoms with Crippen LogP contribution in [-0.2, 0) is 0 Å². The van der Waals surface area contributed by atoms with Crippen molar-refractivity contribution in [2.24, 2.45) is 0 Å². The van der Waals surface area contributed by atoms with Crippen LogP contribution in [-0.4, -0.2) is 6.03 Å². The largest absolute Gasteiger partial charge is 0.398 e. The summed E-state index contributed by atoms with van der Waals surface area (Å²) in [4.78, 5) is 11.9. The fourth-order valence-electron chi connectivity index (χ4n) is 1.70. The van der Waals surface area contributed by atoms with E-state index in [1.165, 1.54) is 0 Å². The molecule has 2 rings (SSSR count). The van der Waals surface area contributed by atoms with E-state index < -0.39 is 0 Å². The van der Waals surface area contributed by atoms with Gasteiger partial charge in [-0.2, -0.15) is 5.26 Å². The molecule has 0 aliphatic heterocycles. The normalized spacial score (nSPS) is 9.60. The minimum Gasteiger partial charge on any atom is -0.398 e. The highest BCUT2D eigenvalue weighted by molar-refractivity contribution is 6.00. The summed E-state index contributed by atoms with van der Waals surface area (Å²) < 4.78 is 0.